The Kier molecular flexibility index (Phi) is 4.20. The number of rotatable bonds is 5. The van der Waals surface area contributed by atoms with Crippen molar-refractivity contribution in [1.29, 1.82) is 0 Å². The van der Waals surface area contributed by atoms with Gasteiger partial charge >= 0.3 is 0 Å². The van der Waals surface area contributed by atoms with E-state index in [0.717, 1.165) is 21.8 Å². The molecule has 130 valence electrons. The Morgan fingerprint density at radius 1 is 1.19 bits per heavy atom. The van der Waals surface area contributed by atoms with Crippen LogP contribution in [-0.4, -0.2) is 28.0 Å². The number of hydrogen-bond acceptors (Lipinski definition) is 6. The molecular formula is C19H18N6O. The van der Waals surface area contributed by atoms with Gasteiger partial charge in [0.2, 0.25) is 11.8 Å². The van der Waals surface area contributed by atoms with Crippen molar-refractivity contribution in [3.8, 4) is 5.88 Å². The molecule has 0 fully saturated rings. The number of benzene rings is 2. The largest absolute Gasteiger partial charge is 0.492 e. The van der Waals surface area contributed by atoms with Crippen LogP contribution >= 0.6 is 0 Å². The molecule has 0 spiro atoms. The Hall–Kier alpha value is -3.45. The molecule has 1 aromatic heterocycles. The summed E-state index contributed by atoms with van der Waals surface area (Å²) in [6.45, 7) is 0.400. The summed E-state index contributed by atoms with van der Waals surface area (Å²) < 4.78 is 0. The first kappa shape index (κ1) is 16.0. The van der Waals surface area contributed by atoms with E-state index in [4.69, 9.17) is 5.73 Å². The van der Waals surface area contributed by atoms with Gasteiger partial charge in [-0.15, -0.1) is 0 Å². The molecule has 0 radical (unpaired) electrons. The highest BCUT2D eigenvalue weighted by Gasteiger charge is 2.13. The third-order valence-corrected chi connectivity index (χ3v) is 4.16. The molecule has 0 amide bonds. The molecule has 0 saturated heterocycles. The lowest BCUT2D eigenvalue weighted by Crippen LogP contribution is -2.21. The van der Waals surface area contributed by atoms with Gasteiger partial charge in [0.25, 0.3) is 0 Å². The van der Waals surface area contributed by atoms with E-state index >= 15 is 0 Å². The Bertz CT molecular complexity index is 1070. The maximum atomic E-state index is 10.1. The van der Waals surface area contributed by atoms with E-state index < -0.39 is 0 Å². The standard InChI is InChI=1S/C19H18N6O/c20-10-17(13-4-2-1-3-5-13)24-19-23-16(18(26)25-19)9-12-6-7-14-15(8-12)22-11-21-14/h1-9,11,17,26H,10,20H2,(H2,23,24,25)/b12-9+/t17-/m0/s1. The van der Waals surface area contributed by atoms with Gasteiger partial charge in [-0.05, 0) is 29.0 Å². The minimum absolute atomic E-state index is 0.0787. The molecular weight excluding hydrogens is 328 g/mol. The van der Waals surface area contributed by atoms with Gasteiger partial charge in [-0.3, -0.25) is 0 Å². The van der Waals surface area contributed by atoms with Gasteiger partial charge in [0.05, 0.1) is 17.1 Å². The van der Waals surface area contributed by atoms with Crippen LogP contribution in [0.2, 0.25) is 0 Å². The zero-order chi connectivity index (χ0) is 17.9. The maximum Gasteiger partial charge on any atom is 0.238 e. The van der Waals surface area contributed by atoms with Crippen LogP contribution in [0.25, 0.3) is 6.08 Å². The SMILES string of the molecule is NC[C@H](Nc1nc(O)c(/C=c2\ccc3c(c2)N=CN=3)[nH]1)c1ccccc1. The highest BCUT2D eigenvalue weighted by Crippen LogP contribution is 2.21. The zero-order valence-corrected chi connectivity index (χ0v) is 13.9. The number of aromatic amines is 1. The first-order chi connectivity index (χ1) is 12.7. The minimum atomic E-state index is -0.106. The van der Waals surface area contributed by atoms with Gasteiger partial charge in [-0.25, -0.2) is 9.98 Å². The second-order valence-corrected chi connectivity index (χ2v) is 5.93. The number of imidazole rings is 1. The van der Waals surface area contributed by atoms with E-state index in [1.165, 1.54) is 6.34 Å². The van der Waals surface area contributed by atoms with E-state index in [0.29, 0.717) is 18.2 Å². The Morgan fingerprint density at radius 2 is 2.04 bits per heavy atom. The molecule has 1 aliphatic heterocycles. The van der Waals surface area contributed by atoms with Gasteiger partial charge in [0.15, 0.2) is 0 Å². The number of fused-ring (bicyclic) bond motifs is 1. The maximum absolute atomic E-state index is 10.1. The van der Waals surface area contributed by atoms with Gasteiger partial charge in [0.1, 0.15) is 12.0 Å². The van der Waals surface area contributed by atoms with Crippen molar-refractivity contribution in [2.24, 2.45) is 15.7 Å². The molecule has 1 atom stereocenters. The molecule has 0 bridgehead atoms. The van der Waals surface area contributed by atoms with Crippen LogP contribution in [0.5, 0.6) is 5.88 Å². The number of H-pyrrole nitrogens is 1. The smallest absolute Gasteiger partial charge is 0.238 e. The summed E-state index contributed by atoms with van der Waals surface area (Å²) in [5.41, 5.74) is 8.25. The average Bonchev–Trinajstić information content (AvgIpc) is 3.26. The van der Waals surface area contributed by atoms with Gasteiger partial charge in [-0.1, -0.05) is 36.4 Å². The molecule has 2 aromatic carbocycles. The summed E-state index contributed by atoms with van der Waals surface area (Å²) in [6, 6.07) is 15.5. The van der Waals surface area contributed by atoms with Crippen molar-refractivity contribution < 1.29 is 5.11 Å². The predicted octanol–water partition coefficient (Wildman–Crippen LogP) is 1.35. The number of nitrogens with two attached hydrogens (primary N) is 1. The zero-order valence-electron chi connectivity index (χ0n) is 13.9. The second kappa shape index (κ2) is 6.81. The minimum Gasteiger partial charge on any atom is -0.492 e. The van der Waals surface area contributed by atoms with Crippen molar-refractivity contribution in [3.63, 3.8) is 0 Å². The summed E-state index contributed by atoms with van der Waals surface area (Å²) in [5.74, 6) is 0.382. The molecule has 0 saturated carbocycles. The van der Waals surface area contributed by atoms with E-state index in [9.17, 15) is 5.11 Å². The van der Waals surface area contributed by atoms with E-state index in [2.05, 4.69) is 25.3 Å². The number of aliphatic imine (C=N–C) groups is 1. The van der Waals surface area contributed by atoms with Crippen molar-refractivity contribution in [3.05, 3.63) is 70.4 Å². The van der Waals surface area contributed by atoms with Crippen LogP contribution in [-0.2, 0) is 0 Å². The first-order valence-corrected chi connectivity index (χ1v) is 8.25. The number of hydrogen-bond donors (Lipinski definition) is 4. The third kappa shape index (κ3) is 3.20. The lowest BCUT2D eigenvalue weighted by molar-refractivity contribution is 0.455. The summed E-state index contributed by atoms with van der Waals surface area (Å²) in [4.78, 5) is 15.6. The number of nitrogens with one attached hydrogen (secondary N) is 2. The van der Waals surface area contributed by atoms with Crippen molar-refractivity contribution in [2.75, 3.05) is 11.9 Å². The Morgan fingerprint density at radius 3 is 2.85 bits per heavy atom. The topological polar surface area (TPSA) is 112 Å². The highest BCUT2D eigenvalue weighted by molar-refractivity contribution is 5.67. The van der Waals surface area contributed by atoms with Crippen LogP contribution in [0.4, 0.5) is 11.6 Å². The van der Waals surface area contributed by atoms with Gasteiger partial charge in [-0.2, -0.15) is 4.98 Å². The summed E-state index contributed by atoms with van der Waals surface area (Å²) >= 11 is 0. The lowest BCUT2D eigenvalue weighted by Gasteiger charge is -2.16. The molecule has 0 unspecified atom stereocenters. The molecule has 2 heterocycles. The number of aromatic nitrogens is 2. The monoisotopic (exact) mass is 346 g/mol. The Balaban J connectivity index is 1.61. The molecule has 3 aromatic rings. The fourth-order valence-electron chi connectivity index (χ4n) is 2.84. The third-order valence-electron chi connectivity index (χ3n) is 4.16. The van der Waals surface area contributed by atoms with Crippen molar-refractivity contribution >= 4 is 24.1 Å². The second-order valence-electron chi connectivity index (χ2n) is 5.93. The van der Waals surface area contributed by atoms with Crippen LogP contribution < -0.4 is 21.6 Å². The predicted molar refractivity (Wildman–Crippen MR) is 101 cm³/mol. The van der Waals surface area contributed by atoms with Crippen LogP contribution in [0.3, 0.4) is 0 Å². The highest BCUT2D eigenvalue weighted by atomic mass is 16.3. The lowest BCUT2D eigenvalue weighted by atomic mass is 10.1. The normalized spacial score (nSPS) is 14.1. The molecule has 7 heteroatoms. The van der Waals surface area contributed by atoms with E-state index in [1.54, 1.807) is 0 Å². The van der Waals surface area contributed by atoms with Gasteiger partial charge < -0.3 is 21.1 Å². The number of anilines is 1. The number of nitrogens with zero attached hydrogens (tertiary/aromatic N) is 3. The van der Waals surface area contributed by atoms with E-state index in [1.807, 2.05) is 54.6 Å². The van der Waals surface area contributed by atoms with Crippen molar-refractivity contribution in [2.45, 2.75) is 6.04 Å². The van der Waals surface area contributed by atoms with E-state index in [-0.39, 0.29) is 11.9 Å². The molecule has 26 heavy (non-hydrogen) atoms. The molecule has 4 rings (SSSR count). The average molecular weight is 346 g/mol. The summed E-state index contributed by atoms with van der Waals surface area (Å²) in [5, 5.41) is 15.1. The van der Waals surface area contributed by atoms with Crippen molar-refractivity contribution in [1.82, 2.24) is 9.97 Å². The van der Waals surface area contributed by atoms with Crippen LogP contribution in [0.1, 0.15) is 17.3 Å². The fourth-order valence-corrected chi connectivity index (χ4v) is 2.84. The number of aromatic hydroxyl groups is 1. The Labute approximate surface area is 149 Å². The van der Waals surface area contributed by atoms with Gasteiger partial charge in [0, 0.05) is 6.54 Å². The van der Waals surface area contributed by atoms with Crippen LogP contribution in [0.15, 0.2) is 58.5 Å². The quantitative estimate of drug-likeness (QED) is 0.559. The fraction of sp³-hybridized carbons (Fsp3) is 0.105. The summed E-state index contributed by atoms with van der Waals surface area (Å²) in [6.07, 6.45) is 3.34. The molecule has 1 aliphatic rings. The first-order valence-electron chi connectivity index (χ1n) is 8.25. The summed E-state index contributed by atoms with van der Waals surface area (Å²) in [7, 11) is 0. The molecule has 7 nitrogen and oxygen atoms in total. The molecule has 5 N–H and O–H groups in total. The molecule has 0 aliphatic carbocycles. The van der Waals surface area contributed by atoms with Crippen LogP contribution in [0, 0.1) is 0 Å².